The van der Waals surface area contributed by atoms with Crippen LogP contribution in [0.15, 0.2) is 54.0 Å². The Bertz CT molecular complexity index is 910. The highest BCUT2D eigenvalue weighted by atomic mass is 32.1. The summed E-state index contributed by atoms with van der Waals surface area (Å²) in [5, 5.41) is 5.66. The average molecular weight is 411 g/mol. The van der Waals surface area contributed by atoms with Crippen molar-refractivity contribution >= 4 is 22.9 Å². The van der Waals surface area contributed by atoms with Crippen LogP contribution in [0, 0.1) is 0 Å². The molecule has 2 aromatic heterocycles. The van der Waals surface area contributed by atoms with E-state index in [1.54, 1.807) is 6.20 Å². The molecule has 0 spiro atoms. The first-order chi connectivity index (χ1) is 14.2. The highest BCUT2D eigenvalue weighted by Crippen LogP contribution is 2.25. The van der Waals surface area contributed by atoms with Gasteiger partial charge >= 0.3 is 0 Å². The number of pyridine rings is 1. The van der Waals surface area contributed by atoms with Gasteiger partial charge in [0.1, 0.15) is 17.4 Å². The van der Waals surface area contributed by atoms with Crippen molar-refractivity contribution in [2.24, 2.45) is 0 Å². The number of amides is 1. The summed E-state index contributed by atoms with van der Waals surface area (Å²) >= 11 is 1.49. The summed E-state index contributed by atoms with van der Waals surface area (Å²) in [6.07, 6.45) is 1.94. The van der Waals surface area contributed by atoms with Crippen molar-refractivity contribution in [2.75, 3.05) is 31.6 Å². The maximum Gasteiger partial charge on any atom is 0.230 e. The predicted octanol–water partition coefficient (Wildman–Crippen LogP) is 4.11. The van der Waals surface area contributed by atoms with Gasteiger partial charge in [0.15, 0.2) is 0 Å². The number of hydrogen-bond donors (Lipinski definition) is 1. The molecule has 0 aliphatic rings. The molecule has 0 aliphatic carbocycles. The number of aromatic nitrogens is 2. The van der Waals surface area contributed by atoms with E-state index >= 15 is 0 Å². The second-order valence-corrected chi connectivity index (χ2v) is 7.31. The van der Waals surface area contributed by atoms with E-state index in [0.717, 1.165) is 36.0 Å². The number of benzene rings is 1. The highest BCUT2D eigenvalue weighted by molar-refractivity contribution is 7.13. The highest BCUT2D eigenvalue weighted by Gasteiger charge is 2.12. The van der Waals surface area contributed by atoms with Gasteiger partial charge in [0.2, 0.25) is 5.91 Å². The van der Waals surface area contributed by atoms with Crippen LogP contribution >= 0.6 is 11.3 Å². The Morgan fingerprint density at radius 2 is 1.93 bits per heavy atom. The van der Waals surface area contributed by atoms with Crippen molar-refractivity contribution in [2.45, 2.75) is 20.3 Å². The maximum absolute atomic E-state index is 12.5. The number of anilines is 1. The second kappa shape index (κ2) is 10.7. The fourth-order valence-corrected chi connectivity index (χ4v) is 3.67. The van der Waals surface area contributed by atoms with E-state index in [9.17, 15) is 4.79 Å². The summed E-state index contributed by atoms with van der Waals surface area (Å²) in [5.41, 5.74) is 2.22. The molecule has 0 radical (unpaired) electrons. The van der Waals surface area contributed by atoms with Crippen LogP contribution in [0.25, 0.3) is 10.7 Å². The number of rotatable bonds is 10. The molecule has 1 amide bonds. The topological polar surface area (TPSA) is 67.3 Å². The van der Waals surface area contributed by atoms with Crippen LogP contribution < -0.4 is 10.1 Å². The Morgan fingerprint density at radius 1 is 1.14 bits per heavy atom. The zero-order chi connectivity index (χ0) is 20.5. The van der Waals surface area contributed by atoms with Gasteiger partial charge in [-0.05, 0) is 37.4 Å². The third kappa shape index (κ3) is 6.10. The van der Waals surface area contributed by atoms with E-state index in [2.05, 4.69) is 34.0 Å². The van der Waals surface area contributed by atoms with Crippen LogP contribution in [0.2, 0.25) is 0 Å². The van der Waals surface area contributed by atoms with Gasteiger partial charge in [-0.1, -0.05) is 32.0 Å². The Morgan fingerprint density at radius 3 is 2.69 bits per heavy atom. The summed E-state index contributed by atoms with van der Waals surface area (Å²) in [4.78, 5) is 23.7. The lowest BCUT2D eigenvalue weighted by atomic mass is 10.2. The number of nitrogens with zero attached hydrogens (tertiary/aromatic N) is 3. The second-order valence-electron chi connectivity index (χ2n) is 6.46. The Hall–Kier alpha value is -2.77. The molecule has 2 heterocycles. The summed E-state index contributed by atoms with van der Waals surface area (Å²) in [6.45, 7) is 7.68. The van der Waals surface area contributed by atoms with E-state index in [0.29, 0.717) is 18.0 Å². The molecule has 7 heteroatoms. The van der Waals surface area contributed by atoms with E-state index in [-0.39, 0.29) is 12.3 Å². The van der Waals surface area contributed by atoms with Gasteiger partial charge in [-0.25, -0.2) is 4.98 Å². The number of likely N-dealkylation sites (N-methyl/N-ethyl adjacent to an activating group) is 1. The minimum absolute atomic E-state index is 0.123. The SMILES string of the molecule is CCN(CC)CCOc1ccccc1NC(=O)Cc1csc(-c2ccccn2)n1. The number of carbonyl (C=O) groups is 1. The first kappa shape index (κ1) is 21.0. The van der Waals surface area contributed by atoms with Crippen molar-refractivity contribution in [3.63, 3.8) is 0 Å². The molecule has 0 unspecified atom stereocenters. The third-order valence-electron chi connectivity index (χ3n) is 4.50. The quantitative estimate of drug-likeness (QED) is 0.545. The van der Waals surface area contributed by atoms with Crippen LogP contribution in [0.4, 0.5) is 5.69 Å². The summed E-state index contributed by atoms with van der Waals surface area (Å²) < 4.78 is 5.91. The molecule has 0 atom stereocenters. The number of para-hydroxylation sites is 2. The van der Waals surface area contributed by atoms with Crippen LogP contribution in [0.1, 0.15) is 19.5 Å². The summed E-state index contributed by atoms with van der Waals surface area (Å²) in [5.74, 6) is 0.558. The summed E-state index contributed by atoms with van der Waals surface area (Å²) in [6, 6.07) is 13.2. The first-order valence-electron chi connectivity index (χ1n) is 9.79. The van der Waals surface area contributed by atoms with Crippen molar-refractivity contribution in [3.8, 4) is 16.5 Å². The van der Waals surface area contributed by atoms with Crippen molar-refractivity contribution in [1.82, 2.24) is 14.9 Å². The number of nitrogens with one attached hydrogen (secondary N) is 1. The number of thiazole rings is 1. The molecule has 3 aromatic rings. The van der Waals surface area contributed by atoms with Crippen LogP contribution in [0.5, 0.6) is 5.75 Å². The molecule has 0 saturated carbocycles. The molecule has 1 aromatic carbocycles. The number of ether oxygens (including phenoxy) is 1. The van der Waals surface area contributed by atoms with Gasteiger partial charge in [-0.3, -0.25) is 9.78 Å². The minimum atomic E-state index is -0.123. The van der Waals surface area contributed by atoms with E-state index in [1.165, 1.54) is 11.3 Å². The molecular weight excluding hydrogens is 384 g/mol. The van der Waals surface area contributed by atoms with Gasteiger partial charge in [0.05, 0.1) is 23.5 Å². The van der Waals surface area contributed by atoms with Crippen molar-refractivity contribution in [1.29, 1.82) is 0 Å². The fraction of sp³-hybridized carbons (Fsp3) is 0.318. The Labute approximate surface area is 175 Å². The zero-order valence-electron chi connectivity index (χ0n) is 16.8. The van der Waals surface area contributed by atoms with Crippen LogP contribution in [0.3, 0.4) is 0 Å². The molecular formula is C22H26N4O2S. The van der Waals surface area contributed by atoms with Gasteiger partial charge in [-0.2, -0.15) is 0 Å². The van der Waals surface area contributed by atoms with Crippen molar-refractivity contribution < 1.29 is 9.53 Å². The molecule has 152 valence electrons. The molecule has 6 nitrogen and oxygen atoms in total. The van der Waals surface area contributed by atoms with E-state index in [1.807, 2.05) is 47.8 Å². The lowest BCUT2D eigenvalue weighted by molar-refractivity contribution is -0.115. The number of carbonyl (C=O) groups excluding carboxylic acids is 1. The standard InChI is InChI=1S/C22H26N4O2S/c1-3-26(4-2)13-14-28-20-11-6-5-9-18(20)25-21(27)15-17-16-29-22(24-17)19-10-7-8-12-23-19/h5-12,16H,3-4,13-15H2,1-2H3,(H,25,27). The lowest BCUT2D eigenvalue weighted by Crippen LogP contribution is -2.28. The van der Waals surface area contributed by atoms with Gasteiger partial charge in [-0.15, -0.1) is 11.3 Å². The number of hydrogen-bond acceptors (Lipinski definition) is 6. The van der Waals surface area contributed by atoms with E-state index in [4.69, 9.17) is 4.74 Å². The maximum atomic E-state index is 12.5. The van der Waals surface area contributed by atoms with Gasteiger partial charge < -0.3 is 15.0 Å². The molecule has 0 aliphatic heterocycles. The average Bonchev–Trinajstić information content (AvgIpc) is 3.21. The molecule has 29 heavy (non-hydrogen) atoms. The predicted molar refractivity (Wildman–Crippen MR) is 117 cm³/mol. The van der Waals surface area contributed by atoms with Crippen LogP contribution in [-0.4, -0.2) is 47.0 Å². The van der Waals surface area contributed by atoms with Crippen LogP contribution in [-0.2, 0) is 11.2 Å². The van der Waals surface area contributed by atoms with Gasteiger partial charge in [0.25, 0.3) is 0 Å². The zero-order valence-corrected chi connectivity index (χ0v) is 17.6. The van der Waals surface area contributed by atoms with Gasteiger partial charge in [0, 0.05) is 18.1 Å². The minimum Gasteiger partial charge on any atom is -0.490 e. The normalized spacial score (nSPS) is 10.9. The Kier molecular flexibility index (Phi) is 7.72. The molecule has 1 N–H and O–H groups in total. The van der Waals surface area contributed by atoms with Crippen molar-refractivity contribution in [3.05, 3.63) is 59.7 Å². The molecule has 0 bridgehead atoms. The Balaban J connectivity index is 1.58. The summed E-state index contributed by atoms with van der Waals surface area (Å²) in [7, 11) is 0. The van der Waals surface area contributed by atoms with E-state index < -0.39 is 0 Å². The first-order valence-corrected chi connectivity index (χ1v) is 10.7. The largest absolute Gasteiger partial charge is 0.490 e. The lowest BCUT2D eigenvalue weighted by Gasteiger charge is -2.19. The molecule has 0 saturated heterocycles. The fourth-order valence-electron chi connectivity index (χ4n) is 2.87. The monoisotopic (exact) mass is 410 g/mol. The molecule has 3 rings (SSSR count). The third-order valence-corrected chi connectivity index (χ3v) is 5.41. The molecule has 0 fully saturated rings. The smallest absolute Gasteiger partial charge is 0.230 e.